The SMILES string of the molecule is CC(C)(C)c1cc(CCC(Cc2cc(C(C)(C)C)c(O)c(C(C)(C)C)c2)O[P+](=O)OC(CCc2cc(C(C)(C)C)c(O)c(C(C)(C)C)c2)Cc2cc(C(C)(C)C)c(O)c(C(C)(C)C)c2)cc(C(C)(C)C)c1O.[Ca+2].[H-].[H-]. The van der Waals surface area contributed by atoms with Crippen molar-refractivity contribution in [2.75, 3.05) is 0 Å². The topological polar surface area (TPSA) is 116 Å². The molecule has 4 aromatic carbocycles. The molecule has 4 N–H and O–H groups in total. The molecule has 0 saturated carbocycles. The van der Waals surface area contributed by atoms with Gasteiger partial charge in [-0.3, -0.25) is 0 Å². The molecule has 0 spiro atoms. The summed E-state index contributed by atoms with van der Waals surface area (Å²) in [6.45, 7) is 50.7. The standard InChI is InChI=1S/C64H97O7P.Ca.2H/c1-57(2,3)45-31-39(32-46(53(45)65)58(4,5)6)25-27-43(29-41-35-49(61(13,14)15)55(67)50(36-41)62(16,17)18)70-72(69)71-44(30-42-37-51(63(19,20)21)56(68)52(38-42)64(22,23)24)28-26-40-33-47(59(7,8)9)54(66)48(34-40)60(10,11)12;;;/h31-38,43-44H,25-30H2,1-24H3,(H3-,65,66,67,68);;;/q;+2;2*-1/p+1. The number of aryl methyl sites for hydroxylation is 2. The van der Waals surface area contributed by atoms with E-state index in [1.807, 2.05) is 0 Å². The monoisotopic (exact) mass is 1050 g/mol. The normalized spacial score (nSPS) is 14.5. The molecule has 0 fully saturated rings. The number of phenols is 4. The van der Waals surface area contributed by atoms with Gasteiger partial charge in [-0.05, 0) is 136 Å². The minimum Gasteiger partial charge on any atom is -1.00 e. The van der Waals surface area contributed by atoms with Gasteiger partial charge in [-0.25, -0.2) is 0 Å². The number of aromatic hydroxyl groups is 4. The van der Waals surface area contributed by atoms with Crippen LogP contribution in [0, 0.1) is 0 Å². The molecule has 0 amide bonds. The predicted octanol–water partition coefficient (Wildman–Crippen LogP) is 17.2. The van der Waals surface area contributed by atoms with Crippen molar-refractivity contribution < 1.29 is 36.9 Å². The van der Waals surface area contributed by atoms with E-state index in [-0.39, 0.29) is 83.9 Å². The summed E-state index contributed by atoms with van der Waals surface area (Å²) >= 11 is 0. The fourth-order valence-electron chi connectivity index (χ4n) is 9.71. The Bertz CT molecular complexity index is 2260. The second-order valence-electron chi connectivity index (χ2n) is 29.3. The van der Waals surface area contributed by atoms with Crippen LogP contribution in [0.5, 0.6) is 23.0 Å². The van der Waals surface area contributed by atoms with Gasteiger partial charge in [-0.1, -0.05) is 215 Å². The zero-order valence-corrected chi connectivity index (χ0v) is 53.3. The number of hydrogen-bond donors (Lipinski definition) is 4. The number of benzene rings is 4. The van der Waals surface area contributed by atoms with Crippen LogP contribution in [0.1, 0.15) is 249 Å². The van der Waals surface area contributed by atoms with Crippen LogP contribution >= 0.6 is 8.25 Å². The Kier molecular flexibility index (Phi) is 20.5. The van der Waals surface area contributed by atoms with E-state index in [1.54, 1.807) is 0 Å². The van der Waals surface area contributed by atoms with Crippen LogP contribution < -0.4 is 0 Å². The van der Waals surface area contributed by atoms with E-state index < -0.39 is 20.5 Å². The predicted molar refractivity (Wildman–Crippen MR) is 311 cm³/mol. The molecule has 73 heavy (non-hydrogen) atoms. The maximum Gasteiger partial charge on any atom is 2.00 e. The smallest absolute Gasteiger partial charge is 1.00 e. The fraction of sp³-hybridized carbons (Fsp3) is 0.625. The fourth-order valence-corrected chi connectivity index (χ4v) is 10.6. The molecule has 0 saturated heterocycles. The molecule has 0 radical (unpaired) electrons. The second kappa shape index (κ2) is 23.1. The first-order valence-electron chi connectivity index (χ1n) is 26.6. The van der Waals surface area contributed by atoms with Crippen LogP contribution in [0.4, 0.5) is 0 Å². The van der Waals surface area contributed by atoms with Gasteiger partial charge >= 0.3 is 46.0 Å². The van der Waals surface area contributed by atoms with Gasteiger partial charge in [-0.15, -0.1) is 9.05 Å². The van der Waals surface area contributed by atoms with Gasteiger partial charge in [-0.2, -0.15) is 0 Å². The molecule has 4 rings (SSSR count). The molecule has 404 valence electrons. The van der Waals surface area contributed by atoms with Gasteiger partial charge in [0.2, 0.25) is 0 Å². The van der Waals surface area contributed by atoms with Crippen molar-refractivity contribution in [2.45, 2.75) is 260 Å². The van der Waals surface area contributed by atoms with Gasteiger partial charge in [0.05, 0.1) is 0 Å². The zero-order chi connectivity index (χ0) is 55.3. The van der Waals surface area contributed by atoms with E-state index in [0.717, 1.165) is 66.8 Å². The first-order valence-corrected chi connectivity index (χ1v) is 27.7. The van der Waals surface area contributed by atoms with Gasteiger partial charge < -0.3 is 23.3 Å². The molecule has 0 aliphatic carbocycles. The quantitative estimate of drug-likeness (QED) is 0.0734. The molecule has 0 aromatic heterocycles. The Morgan fingerprint density at radius 2 is 0.521 bits per heavy atom. The Labute approximate surface area is 478 Å². The average Bonchev–Trinajstić information content (AvgIpc) is 3.17. The second-order valence-corrected chi connectivity index (χ2v) is 30.2. The molecule has 2 unspecified atom stereocenters. The Morgan fingerprint density at radius 3 is 0.685 bits per heavy atom. The van der Waals surface area contributed by atoms with E-state index >= 15 is 0 Å². The van der Waals surface area contributed by atoms with Crippen molar-refractivity contribution in [1.82, 2.24) is 0 Å². The summed E-state index contributed by atoms with van der Waals surface area (Å²) in [5.41, 5.74) is 8.46. The molecule has 0 aliphatic rings. The zero-order valence-electron chi connectivity index (χ0n) is 52.2. The largest absolute Gasteiger partial charge is 2.00 e. The summed E-state index contributed by atoms with van der Waals surface area (Å²) in [7, 11) is -2.68. The van der Waals surface area contributed by atoms with Crippen molar-refractivity contribution in [3.63, 3.8) is 0 Å². The first kappa shape index (κ1) is 64.6. The molecule has 4 aromatic rings. The number of rotatable bonds is 14. The van der Waals surface area contributed by atoms with Gasteiger partial charge in [0.1, 0.15) is 35.2 Å². The molecule has 0 heterocycles. The molecular weight excluding hydrogens is 952 g/mol. The van der Waals surface area contributed by atoms with Gasteiger partial charge in [0.15, 0.2) is 0 Å². The van der Waals surface area contributed by atoms with Crippen LogP contribution in [0.15, 0.2) is 48.5 Å². The van der Waals surface area contributed by atoms with E-state index in [2.05, 4.69) is 215 Å². The Balaban J connectivity index is 0.00000937. The van der Waals surface area contributed by atoms with Crippen molar-refractivity contribution >= 4 is 46.0 Å². The van der Waals surface area contributed by atoms with E-state index in [0.29, 0.717) is 61.5 Å². The molecule has 0 aliphatic heterocycles. The van der Waals surface area contributed by atoms with Gasteiger partial charge in [0, 0.05) is 17.4 Å². The molecule has 2 atom stereocenters. The average molecular weight is 1050 g/mol. The first-order chi connectivity index (χ1) is 32.3. The van der Waals surface area contributed by atoms with Crippen LogP contribution in [0.2, 0.25) is 0 Å². The maximum atomic E-state index is 14.9. The van der Waals surface area contributed by atoms with E-state index in [9.17, 15) is 25.0 Å². The van der Waals surface area contributed by atoms with Crippen LogP contribution in [-0.2, 0) is 82.6 Å². The summed E-state index contributed by atoms with van der Waals surface area (Å²) in [6.07, 6.45) is 2.01. The summed E-state index contributed by atoms with van der Waals surface area (Å²) in [5, 5.41) is 46.6. The third kappa shape index (κ3) is 17.2. The van der Waals surface area contributed by atoms with Crippen LogP contribution in [-0.4, -0.2) is 70.4 Å². The Hall–Kier alpha value is -2.64. The Morgan fingerprint density at radius 1 is 0.356 bits per heavy atom. The third-order valence-electron chi connectivity index (χ3n) is 14.0. The third-order valence-corrected chi connectivity index (χ3v) is 15.0. The number of phenolic OH excluding ortho intramolecular Hbond substituents is 4. The van der Waals surface area contributed by atoms with Crippen molar-refractivity contribution in [3.8, 4) is 23.0 Å². The molecule has 0 bridgehead atoms. The minimum absolute atomic E-state index is 0. The summed E-state index contributed by atoms with van der Waals surface area (Å²) in [4.78, 5) is 0. The van der Waals surface area contributed by atoms with Gasteiger partial charge in [0.25, 0.3) is 0 Å². The van der Waals surface area contributed by atoms with Crippen molar-refractivity contribution in [2.24, 2.45) is 0 Å². The number of hydrogen-bond acceptors (Lipinski definition) is 7. The minimum atomic E-state index is -2.68. The summed E-state index contributed by atoms with van der Waals surface area (Å²) < 4.78 is 28.3. The molecule has 7 nitrogen and oxygen atoms in total. The summed E-state index contributed by atoms with van der Waals surface area (Å²) in [5.74, 6) is 1.27. The van der Waals surface area contributed by atoms with E-state index in [1.165, 1.54) is 0 Å². The molecular formula is C64H100CaO7P+. The summed E-state index contributed by atoms with van der Waals surface area (Å²) in [6, 6.07) is 16.7. The van der Waals surface area contributed by atoms with E-state index in [4.69, 9.17) is 9.05 Å². The van der Waals surface area contributed by atoms with Crippen LogP contribution in [0.3, 0.4) is 0 Å². The van der Waals surface area contributed by atoms with Crippen molar-refractivity contribution in [1.29, 1.82) is 0 Å². The van der Waals surface area contributed by atoms with Crippen LogP contribution in [0.25, 0.3) is 0 Å². The molecule has 9 heteroatoms. The maximum absolute atomic E-state index is 14.9. The van der Waals surface area contributed by atoms with Crippen molar-refractivity contribution in [3.05, 3.63) is 115 Å².